The zero-order valence-electron chi connectivity index (χ0n) is 14.1. The maximum atomic E-state index is 12.5. The second-order valence-corrected chi connectivity index (χ2v) is 6.44. The van der Waals surface area contributed by atoms with E-state index in [2.05, 4.69) is 22.1 Å². The zero-order valence-corrected chi connectivity index (χ0v) is 14.1. The van der Waals surface area contributed by atoms with E-state index in [-0.39, 0.29) is 11.6 Å². The molecule has 0 spiro atoms. The van der Waals surface area contributed by atoms with E-state index in [4.69, 9.17) is 4.74 Å². The number of fused-ring (bicyclic) bond motifs is 1. The first-order valence-corrected chi connectivity index (χ1v) is 8.29. The smallest absolute Gasteiger partial charge is 0.356 e. The monoisotopic (exact) mass is 329 g/mol. The van der Waals surface area contributed by atoms with Crippen molar-refractivity contribution in [2.24, 2.45) is 5.92 Å². The zero-order chi connectivity index (χ0) is 17.1. The van der Waals surface area contributed by atoms with Gasteiger partial charge < -0.3 is 15.0 Å². The van der Waals surface area contributed by atoms with Crippen molar-refractivity contribution >= 4 is 28.5 Å². The van der Waals surface area contributed by atoms with E-state index in [0.29, 0.717) is 18.2 Å². The molecule has 1 aromatic heterocycles. The van der Waals surface area contributed by atoms with Crippen LogP contribution in [0.3, 0.4) is 0 Å². The number of carbonyl (C=O) groups excluding carboxylic acids is 2. The number of nitrogens with zero attached hydrogens (tertiary/aromatic N) is 1. The predicted octanol–water partition coefficient (Wildman–Crippen LogP) is 2.62. The molecule has 2 heterocycles. The Hall–Kier alpha value is -2.34. The van der Waals surface area contributed by atoms with Crippen LogP contribution < -0.4 is 5.32 Å². The highest BCUT2D eigenvalue weighted by molar-refractivity contribution is 6.11. The van der Waals surface area contributed by atoms with Crippen molar-refractivity contribution in [3.8, 4) is 0 Å². The highest BCUT2D eigenvalue weighted by atomic mass is 16.5. The van der Waals surface area contributed by atoms with Crippen LogP contribution in [0.25, 0.3) is 10.9 Å². The number of amides is 1. The molecule has 3 rings (SSSR count). The standard InChI is InChI=1S/C18H23N3O3/c1-12-6-5-9-21(10-12)11-15(22)20-16-13-7-3-4-8-14(13)19-17(16)18(23)24-2/h3-4,7-8,12,19H,5-6,9-11H2,1-2H3,(H,20,22). The number of rotatable bonds is 4. The Morgan fingerprint density at radius 1 is 1.38 bits per heavy atom. The summed E-state index contributed by atoms with van der Waals surface area (Å²) in [4.78, 5) is 29.7. The number of anilines is 1. The molecule has 1 saturated heterocycles. The average Bonchev–Trinajstić information content (AvgIpc) is 2.93. The quantitative estimate of drug-likeness (QED) is 0.846. The van der Waals surface area contributed by atoms with Gasteiger partial charge in [-0.1, -0.05) is 25.1 Å². The summed E-state index contributed by atoms with van der Waals surface area (Å²) in [6, 6.07) is 7.49. The third-order valence-corrected chi connectivity index (χ3v) is 4.47. The lowest BCUT2D eigenvalue weighted by Crippen LogP contribution is -2.39. The van der Waals surface area contributed by atoms with Gasteiger partial charge in [0, 0.05) is 17.4 Å². The summed E-state index contributed by atoms with van der Waals surface area (Å²) in [5, 5.41) is 3.70. The number of benzene rings is 1. The Kier molecular flexibility index (Phi) is 4.85. The third kappa shape index (κ3) is 3.43. The minimum Gasteiger partial charge on any atom is -0.464 e. The summed E-state index contributed by atoms with van der Waals surface area (Å²) in [5.74, 6) is 0.0115. The molecule has 0 aliphatic carbocycles. The summed E-state index contributed by atoms with van der Waals surface area (Å²) in [6.45, 7) is 4.42. The molecule has 1 amide bonds. The molecule has 0 saturated carbocycles. The molecule has 1 aromatic carbocycles. The van der Waals surface area contributed by atoms with Crippen molar-refractivity contribution < 1.29 is 14.3 Å². The van der Waals surface area contributed by atoms with Gasteiger partial charge in [0.15, 0.2) is 0 Å². The number of aromatic nitrogens is 1. The van der Waals surface area contributed by atoms with Gasteiger partial charge in [0.1, 0.15) is 5.69 Å². The number of esters is 1. The average molecular weight is 329 g/mol. The van der Waals surface area contributed by atoms with E-state index < -0.39 is 5.97 Å². The lowest BCUT2D eigenvalue weighted by molar-refractivity contribution is -0.117. The normalized spacial score (nSPS) is 18.5. The van der Waals surface area contributed by atoms with Crippen molar-refractivity contribution in [2.75, 3.05) is 32.1 Å². The molecule has 6 heteroatoms. The molecule has 2 aromatic rings. The molecular weight excluding hydrogens is 306 g/mol. The first kappa shape index (κ1) is 16.5. The van der Waals surface area contributed by atoms with Crippen LogP contribution in [0.2, 0.25) is 0 Å². The van der Waals surface area contributed by atoms with Gasteiger partial charge in [-0.15, -0.1) is 0 Å². The predicted molar refractivity (Wildman–Crippen MR) is 93.1 cm³/mol. The summed E-state index contributed by atoms with van der Waals surface area (Å²) in [7, 11) is 1.33. The van der Waals surface area contributed by atoms with Crippen molar-refractivity contribution in [1.82, 2.24) is 9.88 Å². The Labute approximate surface area is 141 Å². The second kappa shape index (κ2) is 7.05. The van der Waals surface area contributed by atoms with Crippen molar-refractivity contribution in [3.05, 3.63) is 30.0 Å². The lowest BCUT2D eigenvalue weighted by Gasteiger charge is -2.30. The number of carbonyl (C=O) groups is 2. The number of hydrogen-bond donors (Lipinski definition) is 2. The SMILES string of the molecule is COC(=O)c1[nH]c2ccccc2c1NC(=O)CN1CCCC(C)C1. The lowest BCUT2D eigenvalue weighted by atomic mass is 10.0. The van der Waals surface area contributed by atoms with Crippen molar-refractivity contribution in [3.63, 3.8) is 0 Å². The molecule has 0 radical (unpaired) electrons. The van der Waals surface area contributed by atoms with Gasteiger partial charge in [-0.3, -0.25) is 9.69 Å². The molecule has 1 aliphatic rings. The molecule has 0 bridgehead atoms. The molecule has 1 fully saturated rings. The summed E-state index contributed by atoms with van der Waals surface area (Å²) < 4.78 is 4.82. The molecule has 6 nitrogen and oxygen atoms in total. The molecule has 1 unspecified atom stereocenters. The van der Waals surface area contributed by atoms with Gasteiger partial charge >= 0.3 is 5.97 Å². The number of hydrogen-bond acceptors (Lipinski definition) is 4. The van der Waals surface area contributed by atoms with E-state index in [1.54, 1.807) is 0 Å². The van der Waals surface area contributed by atoms with Crippen LogP contribution in [-0.4, -0.2) is 48.5 Å². The van der Waals surface area contributed by atoms with Crippen LogP contribution in [-0.2, 0) is 9.53 Å². The molecular formula is C18H23N3O3. The summed E-state index contributed by atoms with van der Waals surface area (Å²) in [6.07, 6.45) is 2.34. The molecule has 2 N–H and O–H groups in total. The highest BCUT2D eigenvalue weighted by Crippen LogP contribution is 2.28. The van der Waals surface area contributed by atoms with Crippen LogP contribution in [0, 0.1) is 5.92 Å². The Morgan fingerprint density at radius 3 is 2.92 bits per heavy atom. The van der Waals surface area contributed by atoms with E-state index >= 15 is 0 Å². The van der Waals surface area contributed by atoms with E-state index in [0.717, 1.165) is 30.4 Å². The number of methoxy groups -OCH3 is 1. The molecule has 1 atom stereocenters. The van der Waals surface area contributed by atoms with Gasteiger partial charge in [0.2, 0.25) is 5.91 Å². The number of para-hydroxylation sites is 1. The molecule has 24 heavy (non-hydrogen) atoms. The van der Waals surface area contributed by atoms with Crippen LogP contribution in [0.1, 0.15) is 30.3 Å². The van der Waals surface area contributed by atoms with E-state index in [1.165, 1.54) is 13.5 Å². The number of H-pyrrole nitrogens is 1. The first-order chi connectivity index (χ1) is 11.6. The van der Waals surface area contributed by atoms with Crippen LogP contribution >= 0.6 is 0 Å². The van der Waals surface area contributed by atoms with Crippen LogP contribution in [0.5, 0.6) is 0 Å². The largest absolute Gasteiger partial charge is 0.464 e. The van der Waals surface area contributed by atoms with E-state index in [1.807, 2.05) is 24.3 Å². The number of nitrogens with one attached hydrogen (secondary N) is 2. The van der Waals surface area contributed by atoms with Gasteiger partial charge in [-0.25, -0.2) is 4.79 Å². The Bertz CT molecular complexity index is 753. The second-order valence-electron chi connectivity index (χ2n) is 6.44. The number of ether oxygens (including phenoxy) is 1. The highest BCUT2D eigenvalue weighted by Gasteiger charge is 2.22. The van der Waals surface area contributed by atoms with Gasteiger partial charge in [0.05, 0.1) is 19.3 Å². The summed E-state index contributed by atoms with van der Waals surface area (Å²) in [5.41, 5.74) is 1.56. The fraction of sp³-hybridized carbons (Fsp3) is 0.444. The third-order valence-electron chi connectivity index (χ3n) is 4.47. The first-order valence-electron chi connectivity index (χ1n) is 8.29. The molecule has 1 aliphatic heterocycles. The number of aromatic amines is 1. The number of piperidine rings is 1. The van der Waals surface area contributed by atoms with Crippen LogP contribution in [0.15, 0.2) is 24.3 Å². The maximum Gasteiger partial charge on any atom is 0.356 e. The minimum absolute atomic E-state index is 0.112. The van der Waals surface area contributed by atoms with Gasteiger partial charge in [-0.05, 0) is 31.4 Å². The van der Waals surface area contributed by atoms with Crippen LogP contribution in [0.4, 0.5) is 5.69 Å². The maximum absolute atomic E-state index is 12.5. The Balaban J connectivity index is 1.80. The van der Waals surface area contributed by atoms with E-state index in [9.17, 15) is 9.59 Å². The van der Waals surface area contributed by atoms with Crippen molar-refractivity contribution in [1.29, 1.82) is 0 Å². The minimum atomic E-state index is -0.493. The fourth-order valence-electron chi connectivity index (χ4n) is 3.34. The Morgan fingerprint density at radius 2 is 2.17 bits per heavy atom. The van der Waals surface area contributed by atoms with Gasteiger partial charge in [0.25, 0.3) is 0 Å². The van der Waals surface area contributed by atoms with Crippen molar-refractivity contribution in [2.45, 2.75) is 19.8 Å². The molecule has 128 valence electrons. The number of likely N-dealkylation sites (tertiary alicyclic amines) is 1. The topological polar surface area (TPSA) is 74.4 Å². The van der Waals surface area contributed by atoms with Gasteiger partial charge in [-0.2, -0.15) is 0 Å². The fourth-order valence-corrected chi connectivity index (χ4v) is 3.34. The summed E-state index contributed by atoms with van der Waals surface area (Å²) >= 11 is 0.